The Kier molecular flexibility index (Phi) is 3.69. The molecule has 20 heavy (non-hydrogen) atoms. The normalized spacial score (nSPS) is 19.5. The number of carbonyl (C=O) groups is 2. The molecule has 1 unspecified atom stereocenters. The van der Waals surface area contributed by atoms with E-state index in [1.54, 1.807) is 13.8 Å². The highest BCUT2D eigenvalue weighted by Crippen LogP contribution is 2.25. The molecule has 1 atom stereocenters. The maximum atomic E-state index is 13.7. The van der Waals surface area contributed by atoms with Crippen molar-refractivity contribution < 1.29 is 22.8 Å². The van der Waals surface area contributed by atoms with Gasteiger partial charge in [0.15, 0.2) is 11.6 Å². The standard InChI is InChI=1S/C13H13F3N2O2/c1-6(2)12-13(20)18(5-11(19)17-12)10-4-8(15)7(14)3-9(10)16/h3-4,6,12H,5H2,1-2H3,(H,17,19). The number of amides is 2. The lowest BCUT2D eigenvalue weighted by molar-refractivity contribution is -0.132. The van der Waals surface area contributed by atoms with E-state index in [9.17, 15) is 22.8 Å². The Morgan fingerprint density at radius 2 is 1.75 bits per heavy atom. The third kappa shape index (κ3) is 2.48. The zero-order chi connectivity index (χ0) is 15.0. The topological polar surface area (TPSA) is 49.4 Å². The van der Waals surface area contributed by atoms with E-state index in [1.165, 1.54) is 0 Å². The van der Waals surface area contributed by atoms with Crippen LogP contribution in [-0.2, 0) is 9.59 Å². The van der Waals surface area contributed by atoms with Gasteiger partial charge in [-0.1, -0.05) is 13.8 Å². The molecule has 0 bridgehead atoms. The van der Waals surface area contributed by atoms with E-state index in [-0.39, 0.29) is 5.92 Å². The highest BCUT2D eigenvalue weighted by molar-refractivity contribution is 6.06. The van der Waals surface area contributed by atoms with Gasteiger partial charge in [0.05, 0.1) is 5.69 Å². The van der Waals surface area contributed by atoms with Gasteiger partial charge in [-0.2, -0.15) is 0 Å². The lowest BCUT2D eigenvalue weighted by Crippen LogP contribution is -2.60. The highest BCUT2D eigenvalue weighted by atomic mass is 19.2. The van der Waals surface area contributed by atoms with E-state index in [1.807, 2.05) is 0 Å². The van der Waals surface area contributed by atoms with Crippen LogP contribution in [0.25, 0.3) is 0 Å². The Hall–Kier alpha value is -2.05. The molecule has 0 radical (unpaired) electrons. The lowest BCUT2D eigenvalue weighted by Gasteiger charge is -2.34. The van der Waals surface area contributed by atoms with Crippen LogP contribution in [0.4, 0.5) is 18.9 Å². The second kappa shape index (κ2) is 5.15. The van der Waals surface area contributed by atoms with Gasteiger partial charge in [-0.3, -0.25) is 14.5 Å². The van der Waals surface area contributed by atoms with Crippen LogP contribution in [0.1, 0.15) is 13.8 Å². The number of nitrogens with one attached hydrogen (secondary N) is 1. The first kappa shape index (κ1) is 14.4. The summed E-state index contributed by atoms with van der Waals surface area (Å²) in [6, 6.07) is 0.122. The van der Waals surface area contributed by atoms with E-state index in [0.717, 1.165) is 4.90 Å². The number of anilines is 1. The van der Waals surface area contributed by atoms with Gasteiger partial charge in [0.1, 0.15) is 18.4 Å². The lowest BCUT2D eigenvalue weighted by atomic mass is 10.0. The second-order valence-electron chi connectivity index (χ2n) is 4.93. The third-order valence-electron chi connectivity index (χ3n) is 3.10. The minimum Gasteiger partial charge on any atom is -0.342 e. The molecule has 7 heteroatoms. The van der Waals surface area contributed by atoms with Crippen molar-refractivity contribution in [2.24, 2.45) is 5.92 Å². The van der Waals surface area contributed by atoms with Crippen molar-refractivity contribution in [3.8, 4) is 0 Å². The average molecular weight is 286 g/mol. The Bertz CT molecular complexity index is 575. The number of hydrogen-bond acceptors (Lipinski definition) is 2. The quantitative estimate of drug-likeness (QED) is 0.839. The van der Waals surface area contributed by atoms with Gasteiger partial charge in [-0.05, 0) is 5.92 Å². The van der Waals surface area contributed by atoms with Crippen molar-refractivity contribution >= 4 is 17.5 Å². The van der Waals surface area contributed by atoms with E-state index >= 15 is 0 Å². The summed E-state index contributed by atoms with van der Waals surface area (Å²) in [5, 5.41) is 2.49. The monoisotopic (exact) mass is 286 g/mol. The van der Waals surface area contributed by atoms with Crippen LogP contribution < -0.4 is 10.2 Å². The summed E-state index contributed by atoms with van der Waals surface area (Å²) < 4.78 is 39.8. The molecule has 1 saturated heterocycles. The van der Waals surface area contributed by atoms with Crippen molar-refractivity contribution in [3.05, 3.63) is 29.6 Å². The predicted molar refractivity (Wildman–Crippen MR) is 65.4 cm³/mol. The summed E-state index contributed by atoms with van der Waals surface area (Å²) >= 11 is 0. The van der Waals surface area contributed by atoms with E-state index in [4.69, 9.17) is 0 Å². The molecule has 0 aliphatic carbocycles. The molecule has 1 aromatic rings. The molecule has 108 valence electrons. The summed E-state index contributed by atoms with van der Waals surface area (Å²) in [7, 11) is 0. The first-order chi connectivity index (χ1) is 9.31. The maximum Gasteiger partial charge on any atom is 0.250 e. The molecular formula is C13H13F3N2O2. The van der Waals surface area contributed by atoms with Gasteiger partial charge in [0.25, 0.3) is 0 Å². The summed E-state index contributed by atoms with van der Waals surface area (Å²) in [6.45, 7) is 3.01. The molecule has 0 spiro atoms. The van der Waals surface area contributed by atoms with Gasteiger partial charge in [-0.15, -0.1) is 0 Å². The molecule has 1 fully saturated rings. The zero-order valence-electron chi connectivity index (χ0n) is 10.9. The molecular weight excluding hydrogens is 273 g/mol. The molecule has 1 aromatic carbocycles. The fourth-order valence-electron chi connectivity index (χ4n) is 2.04. The maximum absolute atomic E-state index is 13.7. The van der Waals surface area contributed by atoms with Crippen LogP contribution in [-0.4, -0.2) is 24.4 Å². The minimum absolute atomic E-state index is 0.206. The van der Waals surface area contributed by atoms with Gasteiger partial charge >= 0.3 is 0 Å². The fraction of sp³-hybridized carbons (Fsp3) is 0.385. The zero-order valence-corrected chi connectivity index (χ0v) is 10.9. The highest BCUT2D eigenvalue weighted by Gasteiger charge is 2.36. The molecule has 4 nitrogen and oxygen atoms in total. The fourth-order valence-corrected chi connectivity index (χ4v) is 2.04. The van der Waals surface area contributed by atoms with Gasteiger partial charge < -0.3 is 5.32 Å². The minimum atomic E-state index is -1.35. The smallest absolute Gasteiger partial charge is 0.250 e. The molecule has 0 aromatic heterocycles. The molecule has 1 aliphatic heterocycles. The Morgan fingerprint density at radius 1 is 1.15 bits per heavy atom. The number of piperazine rings is 1. The first-order valence-electron chi connectivity index (χ1n) is 6.06. The van der Waals surface area contributed by atoms with E-state index in [2.05, 4.69) is 5.32 Å². The van der Waals surface area contributed by atoms with E-state index in [0.29, 0.717) is 12.1 Å². The van der Waals surface area contributed by atoms with Crippen molar-refractivity contribution in [2.75, 3.05) is 11.4 Å². The summed E-state index contributed by atoms with van der Waals surface area (Å²) in [5.74, 6) is -4.95. The van der Waals surface area contributed by atoms with Crippen LogP contribution in [0.5, 0.6) is 0 Å². The molecule has 1 N–H and O–H groups in total. The van der Waals surface area contributed by atoms with Gasteiger partial charge in [0, 0.05) is 12.1 Å². The van der Waals surface area contributed by atoms with Gasteiger partial charge in [0.2, 0.25) is 11.8 Å². The van der Waals surface area contributed by atoms with E-state index < -0.39 is 47.5 Å². The van der Waals surface area contributed by atoms with Crippen molar-refractivity contribution in [1.29, 1.82) is 0 Å². The number of benzene rings is 1. The SMILES string of the molecule is CC(C)C1NC(=O)CN(c2cc(F)c(F)cc2F)C1=O. The van der Waals surface area contributed by atoms with Crippen molar-refractivity contribution in [1.82, 2.24) is 5.32 Å². The molecule has 1 heterocycles. The van der Waals surface area contributed by atoms with Crippen LogP contribution in [0, 0.1) is 23.4 Å². The Labute approximate surface area is 113 Å². The number of hydrogen-bond donors (Lipinski definition) is 1. The summed E-state index contributed by atoms with van der Waals surface area (Å²) in [6.07, 6.45) is 0. The largest absolute Gasteiger partial charge is 0.342 e. The number of rotatable bonds is 2. The summed E-state index contributed by atoms with van der Waals surface area (Å²) in [4.78, 5) is 24.6. The van der Waals surface area contributed by atoms with Crippen LogP contribution in [0.2, 0.25) is 0 Å². The number of nitrogens with zero attached hydrogens (tertiary/aromatic N) is 1. The predicted octanol–water partition coefficient (Wildman–Crippen LogP) is 1.59. The first-order valence-corrected chi connectivity index (χ1v) is 6.06. The molecule has 2 rings (SSSR count). The number of carbonyl (C=O) groups excluding carboxylic acids is 2. The average Bonchev–Trinajstić information content (AvgIpc) is 2.36. The van der Waals surface area contributed by atoms with Crippen molar-refractivity contribution in [2.45, 2.75) is 19.9 Å². The van der Waals surface area contributed by atoms with Crippen LogP contribution in [0.15, 0.2) is 12.1 Å². The van der Waals surface area contributed by atoms with Crippen molar-refractivity contribution in [3.63, 3.8) is 0 Å². The summed E-state index contributed by atoms with van der Waals surface area (Å²) in [5.41, 5.74) is -0.436. The third-order valence-corrected chi connectivity index (χ3v) is 3.10. The molecule has 1 aliphatic rings. The second-order valence-corrected chi connectivity index (χ2v) is 4.93. The Morgan fingerprint density at radius 3 is 2.35 bits per heavy atom. The van der Waals surface area contributed by atoms with Crippen LogP contribution >= 0.6 is 0 Å². The molecule has 0 saturated carbocycles. The Balaban J connectivity index is 2.43. The molecule has 2 amide bonds. The number of halogens is 3. The van der Waals surface area contributed by atoms with Crippen LogP contribution in [0.3, 0.4) is 0 Å². The van der Waals surface area contributed by atoms with Gasteiger partial charge in [-0.25, -0.2) is 13.2 Å².